The molecule has 0 bridgehead atoms. The summed E-state index contributed by atoms with van der Waals surface area (Å²) in [5, 5.41) is 6.04. The summed E-state index contributed by atoms with van der Waals surface area (Å²) in [7, 11) is 0. The molecule has 2 amide bonds. The molecule has 0 unspecified atom stereocenters. The number of anilines is 2. The number of amides is 2. The number of carbonyl (C=O) groups excluding carboxylic acids is 2. The Morgan fingerprint density at radius 1 is 1.45 bits per heavy atom. The Labute approximate surface area is 117 Å². The molecule has 1 atom stereocenters. The highest BCUT2D eigenvalue weighted by Crippen LogP contribution is 2.22. The molecular formula is C14H17N3O3. The van der Waals surface area contributed by atoms with Crippen LogP contribution in [0.2, 0.25) is 0 Å². The van der Waals surface area contributed by atoms with Gasteiger partial charge in [-0.15, -0.1) is 0 Å². The average Bonchev–Trinajstić information content (AvgIpc) is 3.10. The molecule has 0 aromatic heterocycles. The van der Waals surface area contributed by atoms with Crippen LogP contribution in [-0.2, 0) is 9.53 Å². The van der Waals surface area contributed by atoms with Crippen LogP contribution < -0.4 is 15.5 Å². The second-order valence-electron chi connectivity index (χ2n) is 4.95. The number of hydrogen-bond acceptors (Lipinski definition) is 4. The van der Waals surface area contributed by atoms with Crippen LogP contribution in [0.25, 0.3) is 0 Å². The van der Waals surface area contributed by atoms with E-state index < -0.39 is 0 Å². The van der Waals surface area contributed by atoms with E-state index in [-0.39, 0.29) is 18.0 Å². The number of hydrogen-bond donors (Lipinski definition) is 2. The molecule has 2 N–H and O–H groups in total. The van der Waals surface area contributed by atoms with E-state index in [0.717, 1.165) is 25.1 Å². The van der Waals surface area contributed by atoms with Gasteiger partial charge in [0.05, 0.1) is 12.6 Å². The van der Waals surface area contributed by atoms with Crippen molar-refractivity contribution >= 4 is 23.4 Å². The minimum atomic E-state index is -0.342. The molecule has 2 fully saturated rings. The Morgan fingerprint density at radius 3 is 3.05 bits per heavy atom. The lowest BCUT2D eigenvalue weighted by molar-refractivity contribution is -0.117. The molecule has 20 heavy (non-hydrogen) atoms. The third-order valence-corrected chi connectivity index (χ3v) is 3.56. The maximum absolute atomic E-state index is 12.0. The zero-order valence-corrected chi connectivity index (χ0v) is 11.1. The van der Waals surface area contributed by atoms with Gasteiger partial charge in [0.2, 0.25) is 5.91 Å². The van der Waals surface area contributed by atoms with Crippen LogP contribution in [0, 0.1) is 0 Å². The van der Waals surface area contributed by atoms with Gasteiger partial charge < -0.3 is 15.4 Å². The predicted molar refractivity (Wildman–Crippen MR) is 74.8 cm³/mol. The van der Waals surface area contributed by atoms with E-state index in [0.29, 0.717) is 18.8 Å². The second kappa shape index (κ2) is 5.50. The number of rotatable bonds is 3. The van der Waals surface area contributed by atoms with E-state index in [1.54, 1.807) is 11.0 Å². The highest BCUT2D eigenvalue weighted by molar-refractivity contribution is 5.96. The fraction of sp³-hybridized carbons (Fsp3) is 0.429. The summed E-state index contributed by atoms with van der Waals surface area (Å²) < 4.78 is 4.91. The van der Waals surface area contributed by atoms with Crippen molar-refractivity contribution in [3.8, 4) is 0 Å². The van der Waals surface area contributed by atoms with E-state index in [1.807, 2.05) is 18.2 Å². The van der Waals surface area contributed by atoms with E-state index >= 15 is 0 Å². The zero-order chi connectivity index (χ0) is 13.9. The molecule has 2 aliphatic rings. The number of nitrogens with one attached hydrogen (secondary N) is 2. The van der Waals surface area contributed by atoms with Gasteiger partial charge in [0, 0.05) is 11.4 Å². The van der Waals surface area contributed by atoms with Gasteiger partial charge in [-0.25, -0.2) is 4.79 Å². The lowest BCUT2D eigenvalue weighted by Crippen LogP contribution is -2.35. The van der Waals surface area contributed by atoms with Crippen molar-refractivity contribution in [3.63, 3.8) is 0 Å². The van der Waals surface area contributed by atoms with Gasteiger partial charge in [-0.3, -0.25) is 9.69 Å². The zero-order valence-electron chi connectivity index (χ0n) is 11.1. The normalized spacial score (nSPS) is 21.9. The molecule has 106 valence electrons. The fourth-order valence-corrected chi connectivity index (χ4v) is 2.52. The van der Waals surface area contributed by atoms with Crippen LogP contribution in [-0.4, -0.2) is 37.7 Å². The standard InChI is InChI=1S/C14H17N3O3/c18-13(12-5-2-6-15-12)16-10-3-1-4-11(9-10)17-7-8-20-14(17)19/h1,3-4,9,12,15H,2,5-8H2,(H,16,18)/t12-/m1/s1. The van der Waals surface area contributed by atoms with Crippen molar-refractivity contribution in [2.75, 3.05) is 29.9 Å². The molecule has 2 heterocycles. The van der Waals surface area contributed by atoms with Crippen molar-refractivity contribution in [3.05, 3.63) is 24.3 Å². The number of cyclic esters (lactones) is 1. The fourth-order valence-electron chi connectivity index (χ4n) is 2.52. The average molecular weight is 275 g/mol. The Bertz CT molecular complexity index is 526. The SMILES string of the molecule is O=C(Nc1cccc(N2CCOC2=O)c1)[C@H]1CCCN1. The number of carbonyl (C=O) groups is 2. The lowest BCUT2D eigenvalue weighted by Gasteiger charge is -2.15. The Kier molecular flexibility index (Phi) is 3.56. The summed E-state index contributed by atoms with van der Waals surface area (Å²) in [4.78, 5) is 25.1. The van der Waals surface area contributed by atoms with Gasteiger partial charge in [-0.05, 0) is 37.6 Å². The molecule has 1 aromatic carbocycles. The largest absolute Gasteiger partial charge is 0.447 e. The Hall–Kier alpha value is -2.08. The van der Waals surface area contributed by atoms with Crippen LogP contribution in [0.4, 0.5) is 16.2 Å². The van der Waals surface area contributed by atoms with Crippen LogP contribution >= 0.6 is 0 Å². The van der Waals surface area contributed by atoms with Gasteiger partial charge >= 0.3 is 6.09 Å². The molecule has 1 aromatic rings. The summed E-state index contributed by atoms with van der Waals surface area (Å²) in [5.41, 5.74) is 1.44. The topological polar surface area (TPSA) is 70.7 Å². The quantitative estimate of drug-likeness (QED) is 0.873. The summed E-state index contributed by atoms with van der Waals surface area (Å²) in [5.74, 6) is -0.0244. The molecular weight excluding hydrogens is 258 g/mol. The first kappa shape index (κ1) is 12.9. The molecule has 0 saturated carbocycles. The number of nitrogens with zero attached hydrogens (tertiary/aromatic N) is 1. The maximum atomic E-state index is 12.0. The van der Waals surface area contributed by atoms with Crippen LogP contribution in [0.15, 0.2) is 24.3 Å². The summed E-state index contributed by atoms with van der Waals surface area (Å²) >= 11 is 0. The maximum Gasteiger partial charge on any atom is 0.414 e. The van der Waals surface area contributed by atoms with Crippen molar-refractivity contribution in [1.29, 1.82) is 0 Å². The van der Waals surface area contributed by atoms with Gasteiger partial charge in [0.15, 0.2) is 0 Å². The third-order valence-electron chi connectivity index (χ3n) is 3.56. The van der Waals surface area contributed by atoms with E-state index in [1.165, 1.54) is 0 Å². The highest BCUT2D eigenvalue weighted by atomic mass is 16.6. The van der Waals surface area contributed by atoms with Crippen molar-refractivity contribution < 1.29 is 14.3 Å². The number of benzene rings is 1. The Balaban J connectivity index is 1.70. The van der Waals surface area contributed by atoms with Gasteiger partial charge in [0.1, 0.15) is 6.61 Å². The summed E-state index contributed by atoms with van der Waals surface area (Å²) in [6.45, 7) is 1.83. The molecule has 0 radical (unpaired) electrons. The van der Waals surface area contributed by atoms with E-state index in [2.05, 4.69) is 10.6 Å². The van der Waals surface area contributed by atoms with Crippen LogP contribution in [0.3, 0.4) is 0 Å². The first-order valence-corrected chi connectivity index (χ1v) is 6.83. The highest BCUT2D eigenvalue weighted by Gasteiger charge is 2.25. The molecule has 2 aliphatic heterocycles. The predicted octanol–water partition coefficient (Wildman–Crippen LogP) is 1.33. The van der Waals surface area contributed by atoms with Gasteiger partial charge in [0.25, 0.3) is 0 Å². The minimum Gasteiger partial charge on any atom is -0.447 e. The van der Waals surface area contributed by atoms with Gasteiger partial charge in [-0.1, -0.05) is 6.07 Å². The van der Waals surface area contributed by atoms with Crippen molar-refractivity contribution in [1.82, 2.24) is 5.32 Å². The molecule has 6 heteroatoms. The summed E-state index contributed by atoms with van der Waals surface area (Å²) in [6, 6.07) is 7.14. The molecule has 2 saturated heterocycles. The van der Waals surface area contributed by atoms with Crippen molar-refractivity contribution in [2.45, 2.75) is 18.9 Å². The lowest BCUT2D eigenvalue weighted by atomic mass is 10.2. The van der Waals surface area contributed by atoms with Gasteiger partial charge in [-0.2, -0.15) is 0 Å². The second-order valence-corrected chi connectivity index (χ2v) is 4.95. The Morgan fingerprint density at radius 2 is 2.35 bits per heavy atom. The third kappa shape index (κ3) is 2.60. The van der Waals surface area contributed by atoms with Crippen LogP contribution in [0.5, 0.6) is 0 Å². The summed E-state index contributed by atoms with van der Waals surface area (Å²) in [6.07, 6.45) is 1.55. The number of ether oxygens (including phenoxy) is 1. The molecule has 0 spiro atoms. The first-order valence-electron chi connectivity index (χ1n) is 6.83. The first-order chi connectivity index (χ1) is 9.74. The molecule has 3 rings (SSSR count). The van der Waals surface area contributed by atoms with Crippen molar-refractivity contribution in [2.24, 2.45) is 0 Å². The monoisotopic (exact) mass is 275 g/mol. The smallest absolute Gasteiger partial charge is 0.414 e. The van der Waals surface area contributed by atoms with E-state index in [4.69, 9.17) is 4.74 Å². The molecule has 0 aliphatic carbocycles. The molecule has 6 nitrogen and oxygen atoms in total. The van der Waals surface area contributed by atoms with Crippen LogP contribution in [0.1, 0.15) is 12.8 Å². The minimum absolute atomic E-state index is 0.0244. The van der Waals surface area contributed by atoms with E-state index in [9.17, 15) is 9.59 Å².